The van der Waals surface area contributed by atoms with E-state index in [0.717, 1.165) is 0 Å². The molecule has 1 aromatic rings. The predicted molar refractivity (Wildman–Crippen MR) is 79.0 cm³/mol. The summed E-state index contributed by atoms with van der Waals surface area (Å²) in [6, 6.07) is 5.86. The summed E-state index contributed by atoms with van der Waals surface area (Å²) in [6.45, 7) is 8.07. The summed E-state index contributed by atoms with van der Waals surface area (Å²) < 4.78 is 22.5. The molecule has 1 aromatic carbocycles. The maximum absolute atomic E-state index is 12.2. The molecule has 0 atom stereocenters. The van der Waals surface area contributed by atoms with Gasteiger partial charge in [-0.05, 0) is 19.4 Å². The van der Waals surface area contributed by atoms with E-state index in [2.05, 4.69) is 0 Å². The normalized spacial score (nSPS) is 10.6. The van der Waals surface area contributed by atoms with Crippen molar-refractivity contribution >= 4 is 13.3 Å². The summed E-state index contributed by atoms with van der Waals surface area (Å²) >= 11 is 0. The van der Waals surface area contributed by atoms with Gasteiger partial charge in [-0.15, -0.1) is 0 Å². The highest BCUT2D eigenvalue weighted by Crippen LogP contribution is 2.51. The molecular formula is C13H22NO5P. The van der Waals surface area contributed by atoms with E-state index < -0.39 is 12.5 Å². The van der Waals surface area contributed by atoms with Crippen molar-refractivity contribution in [3.05, 3.63) is 39.9 Å². The Hall–Kier alpha value is -1.23. The fraction of sp³-hybridized carbons (Fsp3) is 0.538. The van der Waals surface area contributed by atoms with Crippen molar-refractivity contribution in [2.45, 2.75) is 33.9 Å². The minimum Gasteiger partial charge on any atom is -0.309 e. The summed E-state index contributed by atoms with van der Waals surface area (Å²) in [5.41, 5.74) is 0.687. The Balaban J connectivity index is 0.00000172. The minimum absolute atomic E-state index is 0.00130. The Morgan fingerprint density at radius 1 is 1.10 bits per heavy atom. The summed E-state index contributed by atoms with van der Waals surface area (Å²) in [4.78, 5) is 10.0. The number of hydrogen-bond acceptors (Lipinski definition) is 5. The summed E-state index contributed by atoms with van der Waals surface area (Å²) in [5, 5.41) is 10.5. The SMILES string of the molecule is CC.CCOP(=O)(Cc1ccc([N+](=O)[O-])cc1)OCC. The molecule has 0 spiro atoms. The van der Waals surface area contributed by atoms with Gasteiger partial charge in [-0.25, -0.2) is 0 Å². The van der Waals surface area contributed by atoms with E-state index in [1.165, 1.54) is 12.1 Å². The second-order valence-corrected chi connectivity index (χ2v) is 5.58. The van der Waals surface area contributed by atoms with Crippen LogP contribution in [-0.2, 0) is 19.8 Å². The average molecular weight is 303 g/mol. The topological polar surface area (TPSA) is 78.7 Å². The van der Waals surface area contributed by atoms with Gasteiger partial charge in [0.15, 0.2) is 0 Å². The molecule has 1 rings (SSSR count). The Kier molecular flexibility index (Phi) is 9.05. The Morgan fingerprint density at radius 2 is 1.55 bits per heavy atom. The third kappa shape index (κ3) is 6.28. The molecule has 0 aliphatic heterocycles. The number of nitrogens with zero attached hydrogens (tertiary/aromatic N) is 1. The molecule has 0 unspecified atom stereocenters. The Bertz CT molecular complexity index is 437. The fourth-order valence-corrected chi connectivity index (χ4v) is 3.17. The lowest BCUT2D eigenvalue weighted by Crippen LogP contribution is -1.99. The van der Waals surface area contributed by atoms with E-state index in [9.17, 15) is 14.7 Å². The molecule has 0 fully saturated rings. The molecule has 0 aromatic heterocycles. The standard InChI is InChI=1S/C11H16NO5P.C2H6/c1-3-16-18(15,17-4-2)9-10-5-7-11(8-6-10)12(13)14;1-2/h5-8H,3-4,9H2,1-2H3;1-2H3. The lowest BCUT2D eigenvalue weighted by atomic mass is 10.2. The highest BCUT2D eigenvalue weighted by molar-refractivity contribution is 7.53. The molecule has 0 N–H and O–H groups in total. The number of nitro benzene ring substituents is 1. The summed E-state index contributed by atoms with van der Waals surface area (Å²) in [6.07, 6.45) is 0.118. The molecule has 0 aliphatic rings. The zero-order chi connectivity index (χ0) is 15.6. The van der Waals surface area contributed by atoms with Gasteiger partial charge < -0.3 is 9.05 Å². The molecule has 0 radical (unpaired) electrons. The minimum atomic E-state index is -3.15. The highest BCUT2D eigenvalue weighted by atomic mass is 31.2. The summed E-state index contributed by atoms with van der Waals surface area (Å²) in [7, 11) is -3.15. The van der Waals surface area contributed by atoms with Crippen molar-refractivity contribution in [3.8, 4) is 0 Å². The molecule has 0 bridgehead atoms. The second kappa shape index (κ2) is 9.64. The Morgan fingerprint density at radius 3 is 1.90 bits per heavy atom. The van der Waals surface area contributed by atoms with Gasteiger partial charge in [0.1, 0.15) is 0 Å². The van der Waals surface area contributed by atoms with E-state index in [4.69, 9.17) is 9.05 Å². The Labute approximate surface area is 119 Å². The van der Waals surface area contributed by atoms with Crippen LogP contribution in [-0.4, -0.2) is 18.1 Å². The van der Waals surface area contributed by atoms with Crippen LogP contribution in [0.3, 0.4) is 0 Å². The van der Waals surface area contributed by atoms with Gasteiger partial charge >= 0.3 is 7.60 Å². The first kappa shape index (κ1) is 18.8. The molecule has 7 heteroatoms. The molecule has 0 saturated carbocycles. The summed E-state index contributed by atoms with van der Waals surface area (Å²) in [5.74, 6) is 0. The molecule has 0 aliphatic carbocycles. The average Bonchev–Trinajstić information content (AvgIpc) is 2.42. The van der Waals surface area contributed by atoms with E-state index >= 15 is 0 Å². The fourth-order valence-electron chi connectivity index (χ4n) is 1.47. The van der Waals surface area contributed by atoms with Gasteiger partial charge in [0, 0.05) is 12.1 Å². The van der Waals surface area contributed by atoms with Crippen molar-refractivity contribution < 1.29 is 18.5 Å². The van der Waals surface area contributed by atoms with Crippen molar-refractivity contribution in [2.75, 3.05) is 13.2 Å². The molecule has 20 heavy (non-hydrogen) atoms. The molecule has 0 saturated heterocycles. The van der Waals surface area contributed by atoms with E-state index in [1.54, 1.807) is 26.0 Å². The largest absolute Gasteiger partial charge is 0.335 e. The van der Waals surface area contributed by atoms with Crippen LogP contribution in [0.1, 0.15) is 33.3 Å². The molecule has 114 valence electrons. The third-order valence-electron chi connectivity index (χ3n) is 2.17. The lowest BCUT2D eigenvalue weighted by molar-refractivity contribution is -0.384. The van der Waals surface area contributed by atoms with Gasteiger partial charge in [0.25, 0.3) is 5.69 Å². The van der Waals surface area contributed by atoms with Crippen LogP contribution in [0, 0.1) is 10.1 Å². The molecule has 0 amide bonds. The maximum Gasteiger partial charge on any atom is 0.335 e. The van der Waals surface area contributed by atoms with Gasteiger partial charge in [0.2, 0.25) is 0 Å². The van der Waals surface area contributed by atoms with E-state index in [0.29, 0.717) is 18.8 Å². The van der Waals surface area contributed by atoms with Crippen molar-refractivity contribution in [1.29, 1.82) is 0 Å². The van der Waals surface area contributed by atoms with Crippen molar-refractivity contribution in [2.24, 2.45) is 0 Å². The van der Waals surface area contributed by atoms with Crippen LogP contribution in [0.15, 0.2) is 24.3 Å². The van der Waals surface area contributed by atoms with Crippen LogP contribution in [0.4, 0.5) is 5.69 Å². The van der Waals surface area contributed by atoms with Crippen LogP contribution in [0.2, 0.25) is 0 Å². The number of nitro groups is 1. The number of benzene rings is 1. The van der Waals surface area contributed by atoms with Crippen LogP contribution in [0.25, 0.3) is 0 Å². The first-order valence-corrected chi connectivity index (χ1v) is 8.35. The quantitative estimate of drug-likeness (QED) is 0.424. The maximum atomic E-state index is 12.2. The van der Waals surface area contributed by atoms with Crippen LogP contribution < -0.4 is 0 Å². The van der Waals surface area contributed by atoms with Gasteiger partial charge in [-0.1, -0.05) is 26.0 Å². The zero-order valence-electron chi connectivity index (χ0n) is 12.4. The van der Waals surface area contributed by atoms with Crippen LogP contribution >= 0.6 is 7.60 Å². The van der Waals surface area contributed by atoms with Crippen molar-refractivity contribution in [1.82, 2.24) is 0 Å². The van der Waals surface area contributed by atoms with Gasteiger partial charge in [-0.2, -0.15) is 0 Å². The van der Waals surface area contributed by atoms with Gasteiger partial charge in [-0.3, -0.25) is 14.7 Å². The smallest absolute Gasteiger partial charge is 0.309 e. The highest BCUT2D eigenvalue weighted by Gasteiger charge is 2.24. The van der Waals surface area contributed by atoms with E-state index in [1.807, 2.05) is 13.8 Å². The first-order valence-electron chi connectivity index (χ1n) is 6.62. The molecule has 6 nitrogen and oxygen atoms in total. The third-order valence-corrected chi connectivity index (χ3v) is 4.23. The number of non-ortho nitro benzene ring substituents is 1. The number of hydrogen-bond donors (Lipinski definition) is 0. The number of rotatable bonds is 7. The molecular weight excluding hydrogens is 281 g/mol. The first-order chi connectivity index (χ1) is 9.50. The van der Waals surface area contributed by atoms with Crippen LogP contribution in [0.5, 0.6) is 0 Å². The zero-order valence-corrected chi connectivity index (χ0v) is 13.3. The predicted octanol–water partition coefficient (Wildman–Crippen LogP) is 4.39. The monoisotopic (exact) mass is 303 g/mol. The van der Waals surface area contributed by atoms with E-state index in [-0.39, 0.29) is 11.8 Å². The lowest BCUT2D eigenvalue weighted by Gasteiger charge is -2.16. The van der Waals surface area contributed by atoms with Gasteiger partial charge in [0.05, 0.1) is 24.3 Å². The molecule has 0 heterocycles. The second-order valence-electron chi connectivity index (χ2n) is 3.53. The van der Waals surface area contributed by atoms with Crippen molar-refractivity contribution in [3.63, 3.8) is 0 Å².